The molecule has 1 aromatic carbocycles. The molecule has 2 aliphatic heterocycles. The van der Waals surface area contributed by atoms with E-state index in [1.54, 1.807) is 22.9 Å². The maximum absolute atomic E-state index is 13.6. The van der Waals surface area contributed by atoms with Crippen LogP contribution in [0.2, 0.25) is 0 Å². The molecule has 190 valence electrons. The average molecular weight is 493 g/mol. The zero-order valence-corrected chi connectivity index (χ0v) is 20.7. The zero-order chi connectivity index (χ0) is 24.8. The predicted octanol–water partition coefficient (Wildman–Crippen LogP) is 3.79. The molecule has 1 atom stereocenters. The van der Waals surface area contributed by atoms with E-state index < -0.39 is 5.97 Å². The number of aromatic nitrogens is 3. The molecule has 2 saturated heterocycles. The lowest BCUT2D eigenvalue weighted by Gasteiger charge is -2.38. The van der Waals surface area contributed by atoms with Gasteiger partial charge in [0.15, 0.2) is 11.3 Å². The largest absolute Gasteiger partial charge is 0.477 e. The second-order valence-corrected chi connectivity index (χ2v) is 10.4. The molecule has 1 unspecified atom stereocenters. The van der Waals surface area contributed by atoms with Crippen molar-refractivity contribution in [2.24, 2.45) is 0 Å². The van der Waals surface area contributed by atoms with Crippen molar-refractivity contribution in [1.82, 2.24) is 25.0 Å². The molecule has 0 spiro atoms. The Morgan fingerprint density at radius 2 is 1.83 bits per heavy atom. The van der Waals surface area contributed by atoms with E-state index in [1.165, 1.54) is 25.0 Å². The van der Waals surface area contributed by atoms with Crippen LogP contribution >= 0.6 is 0 Å². The summed E-state index contributed by atoms with van der Waals surface area (Å²) in [6, 6.07) is 9.00. The summed E-state index contributed by atoms with van der Waals surface area (Å²) in [5, 5.41) is 19.2. The minimum absolute atomic E-state index is 0.0134. The van der Waals surface area contributed by atoms with Crippen molar-refractivity contribution in [1.29, 1.82) is 0 Å². The van der Waals surface area contributed by atoms with Gasteiger partial charge in [-0.3, -0.25) is 4.90 Å². The smallest absolute Gasteiger partial charge is 0.354 e. The first-order valence-corrected chi connectivity index (χ1v) is 13.1. The number of halogens is 1. The van der Waals surface area contributed by atoms with Gasteiger partial charge in [0.1, 0.15) is 5.82 Å². The average Bonchev–Trinajstić information content (AvgIpc) is 3.49. The Morgan fingerprint density at radius 3 is 2.44 bits per heavy atom. The molecule has 3 aliphatic rings. The molecule has 9 heteroatoms. The molecule has 0 radical (unpaired) electrons. The number of nitrogens with zero attached hydrogens (tertiary/aromatic N) is 5. The van der Waals surface area contributed by atoms with Crippen LogP contribution in [0.15, 0.2) is 30.3 Å². The van der Waals surface area contributed by atoms with Gasteiger partial charge in [-0.2, -0.15) is 5.10 Å². The number of carboxylic acid groups (broad SMARTS) is 1. The van der Waals surface area contributed by atoms with Crippen molar-refractivity contribution >= 4 is 22.7 Å². The molecule has 1 aliphatic carbocycles. The maximum Gasteiger partial charge on any atom is 0.354 e. The topological polar surface area (TPSA) is 86.5 Å². The van der Waals surface area contributed by atoms with E-state index in [1.807, 2.05) is 7.05 Å². The van der Waals surface area contributed by atoms with Crippen LogP contribution in [0.5, 0.6) is 0 Å². The second kappa shape index (κ2) is 9.44. The van der Waals surface area contributed by atoms with E-state index in [0.29, 0.717) is 29.3 Å². The van der Waals surface area contributed by atoms with Gasteiger partial charge >= 0.3 is 5.97 Å². The lowest BCUT2D eigenvalue weighted by molar-refractivity contribution is 0.0691. The number of rotatable bonds is 6. The highest BCUT2D eigenvalue weighted by Crippen LogP contribution is 2.43. The quantitative estimate of drug-likeness (QED) is 0.542. The number of likely N-dealkylation sites (tertiary alicyclic amines) is 1. The highest BCUT2D eigenvalue weighted by molar-refractivity contribution is 5.98. The number of benzene rings is 1. The number of fused-ring (bicyclic) bond motifs is 1. The molecule has 1 saturated carbocycles. The summed E-state index contributed by atoms with van der Waals surface area (Å²) in [5.41, 5.74) is 3.13. The first-order chi connectivity index (χ1) is 17.5. The summed E-state index contributed by atoms with van der Waals surface area (Å²) in [4.78, 5) is 21.6. The van der Waals surface area contributed by atoms with Gasteiger partial charge in [-0.15, -0.1) is 0 Å². The molecular formula is C27H33FN6O2. The second-order valence-electron chi connectivity index (χ2n) is 10.4. The Bertz CT molecular complexity index is 1260. The van der Waals surface area contributed by atoms with Crippen LogP contribution in [0.25, 0.3) is 16.7 Å². The molecular weight excluding hydrogens is 459 g/mol. The number of pyridine rings is 1. The third-order valence-electron chi connectivity index (χ3n) is 8.38. The monoisotopic (exact) mass is 492 g/mol. The molecule has 2 aromatic heterocycles. The van der Waals surface area contributed by atoms with Gasteiger partial charge in [0, 0.05) is 44.2 Å². The Balaban J connectivity index is 1.39. The SMILES string of the molecule is CNC1CCN(C2CCN(c3cc(C(=O)O)nc4c3c(C3CCC3)nn4-c3ccc(F)cc3)CC2)C1. The van der Waals surface area contributed by atoms with Gasteiger partial charge in [-0.25, -0.2) is 18.9 Å². The standard InChI is InChI=1S/C27H33FN6O2/c1-29-19-9-12-33(16-19)20-10-13-32(14-11-20)23-15-22(27(35)36)30-26-24(23)25(17-3-2-4-17)31-34(26)21-7-5-18(28)6-8-21/h5-8,15,17,19-20,29H,2-4,9-14,16H2,1H3,(H,35,36). The molecule has 0 bridgehead atoms. The van der Waals surface area contributed by atoms with Crippen LogP contribution in [-0.4, -0.2) is 76.1 Å². The highest BCUT2D eigenvalue weighted by atomic mass is 19.1. The maximum atomic E-state index is 13.6. The van der Waals surface area contributed by atoms with Crippen molar-refractivity contribution in [3.8, 4) is 5.69 Å². The lowest BCUT2D eigenvalue weighted by atomic mass is 9.82. The number of piperidine rings is 1. The number of aromatic carboxylic acids is 1. The third kappa shape index (κ3) is 4.14. The first kappa shape index (κ1) is 23.4. The number of carbonyl (C=O) groups is 1. The Morgan fingerprint density at radius 1 is 1.08 bits per heavy atom. The summed E-state index contributed by atoms with van der Waals surface area (Å²) in [5.74, 6) is -1.04. The molecule has 0 amide bonds. The minimum Gasteiger partial charge on any atom is -0.477 e. The van der Waals surface area contributed by atoms with E-state index in [-0.39, 0.29) is 11.5 Å². The summed E-state index contributed by atoms with van der Waals surface area (Å²) in [7, 11) is 2.04. The van der Waals surface area contributed by atoms with Gasteiger partial charge in [0.2, 0.25) is 0 Å². The highest BCUT2D eigenvalue weighted by Gasteiger charge is 2.33. The number of carboxylic acids is 1. The Kier molecular flexibility index (Phi) is 6.13. The van der Waals surface area contributed by atoms with E-state index in [0.717, 1.165) is 68.6 Å². The third-order valence-corrected chi connectivity index (χ3v) is 8.38. The lowest BCUT2D eigenvalue weighted by Crippen LogP contribution is -2.45. The molecule has 3 fully saturated rings. The fraction of sp³-hybridized carbons (Fsp3) is 0.519. The van der Waals surface area contributed by atoms with E-state index >= 15 is 0 Å². The number of hydrogen-bond donors (Lipinski definition) is 2. The number of hydrogen-bond acceptors (Lipinski definition) is 6. The van der Waals surface area contributed by atoms with Gasteiger partial charge in [0.25, 0.3) is 0 Å². The van der Waals surface area contributed by atoms with Crippen LogP contribution in [0.3, 0.4) is 0 Å². The minimum atomic E-state index is -1.06. The van der Waals surface area contributed by atoms with Crippen molar-refractivity contribution in [2.75, 3.05) is 38.1 Å². The number of likely N-dealkylation sites (N-methyl/N-ethyl adjacent to an activating group) is 1. The van der Waals surface area contributed by atoms with Gasteiger partial charge in [0.05, 0.1) is 22.5 Å². The van der Waals surface area contributed by atoms with E-state index in [2.05, 4.69) is 20.1 Å². The van der Waals surface area contributed by atoms with Crippen molar-refractivity contribution in [3.05, 3.63) is 47.5 Å². The van der Waals surface area contributed by atoms with Gasteiger partial charge in [-0.05, 0) is 69.5 Å². The zero-order valence-electron chi connectivity index (χ0n) is 20.7. The summed E-state index contributed by atoms with van der Waals surface area (Å²) in [6.07, 6.45) is 6.59. The first-order valence-electron chi connectivity index (χ1n) is 13.1. The van der Waals surface area contributed by atoms with E-state index in [9.17, 15) is 14.3 Å². The van der Waals surface area contributed by atoms with Crippen molar-refractivity contribution in [3.63, 3.8) is 0 Å². The Labute approximate surface area is 210 Å². The van der Waals surface area contributed by atoms with Crippen molar-refractivity contribution in [2.45, 2.75) is 56.5 Å². The fourth-order valence-electron chi connectivity index (χ4n) is 6.04. The van der Waals surface area contributed by atoms with E-state index in [4.69, 9.17) is 5.10 Å². The van der Waals surface area contributed by atoms with Gasteiger partial charge < -0.3 is 15.3 Å². The molecule has 2 N–H and O–H groups in total. The fourth-order valence-corrected chi connectivity index (χ4v) is 6.04. The van der Waals surface area contributed by atoms with Crippen LogP contribution in [-0.2, 0) is 0 Å². The van der Waals surface area contributed by atoms with Crippen LogP contribution < -0.4 is 10.2 Å². The van der Waals surface area contributed by atoms with Crippen LogP contribution in [0, 0.1) is 5.82 Å². The molecule has 3 aromatic rings. The summed E-state index contributed by atoms with van der Waals surface area (Å²) < 4.78 is 15.3. The summed E-state index contributed by atoms with van der Waals surface area (Å²) in [6.45, 7) is 3.97. The van der Waals surface area contributed by atoms with Crippen molar-refractivity contribution < 1.29 is 14.3 Å². The van der Waals surface area contributed by atoms with Crippen LogP contribution in [0.4, 0.5) is 10.1 Å². The summed E-state index contributed by atoms with van der Waals surface area (Å²) >= 11 is 0. The molecule has 4 heterocycles. The van der Waals surface area contributed by atoms with Crippen LogP contribution in [0.1, 0.15) is 60.6 Å². The van der Waals surface area contributed by atoms with Gasteiger partial charge in [-0.1, -0.05) is 6.42 Å². The number of anilines is 1. The Hall–Kier alpha value is -3.04. The normalized spacial score (nSPS) is 21.8. The predicted molar refractivity (Wildman–Crippen MR) is 137 cm³/mol. The molecule has 8 nitrogen and oxygen atoms in total. The molecule has 6 rings (SSSR count). The number of nitrogens with one attached hydrogen (secondary N) is 1. The molecule has 36 heavy (non-hydrogen) atoms.